The van der Waals surface area contributed by atoms with Crippen LogP contribution in [-0.2, 0) is 22.1 Å². The highest BCUT2D eigenvalue weighted by Gasteiger charge is 2.37. The maximum absolute atomic E-state index is 12.7. The highest BCUT2D eigenvalue weighted by molar-refractivity contribution is 6.32. The standard InChI is InChI=1S/C11H9ClF5NO2/c1-2-20-7(19)3-5-6(10(13)14)4-18-9(8(5)12)11(15,16)17/h4,10H,2-3H2,1H3. The minimum atomic E-state index is -4.90. The molecule has 9 heteroatoms. The van der Waals surface area contributed by atoms with E-state index in [0.29, 0.717) is 6.20 Å². The molecule has 0 unspecified atom stereocenters. The lowest BCUT2D eigenvalue weighted by Crippen LogP contribution is -2.15. The zero-order valence-corrected chi connectivity index (χ0v) is 10.9. The monoisotopic (exact) mass is 317 g/mol. The molecule has 3 nitrogen and oxygen atoms in total. The summed E-state index contributed by atoms with van der Waals surface area (Å²) in [5.74, 6) is -0.948. The molecule has 0 fully saturated rings. The first-order valence-corrected chi connectivity index (χ1v) is 5.74. The number of hydrogen-bond donors (Lipinski definition) is 0. The lowest BCUT2D eigenvalue weighted by atomic mass is 10.1. The summed E-state index contributed by atoms with van der Waals surface area (Å²) in [6.07, 6.45) is -8.42. The normalized spacial score (nSPS) is 11.8. The van der Waals surface area contributed by atoms with Crippen LogP contribution in [0.3, 0.4) is 0 Å². The Hall–Kier alpha value is -1.44. The predicted octanol–water partition coefficient (Wildman–Crippen LogP) is 3.80. The van der Waals surface area contributed by atoms with Gasteiger partial charge in [0.1, 0.15) is 0 Å². The summed E-state index contributed by atoms with van der Waals surface area (Å²) in [6, 6.07) is 0. The zero-order valence-electron chi connectivity index (χ0n) is 10.1. The summed E-state index contributed by atoms with van der Waals surface area (Å²) in [5.41, 5.74) is -2.96. The topological polar surface area (TPSA) is 39.2 Å². The second-order valence-electron chi connectivity index (χ2n) is 3.63. The molecule has 0 spiro atoms. The van der Waals surface area contributed by atoms with E-state index in [1.807, 2.05) is 0 Å². The Morgan fingerprint density at radius 3 is 2.50 bits per heavy atom. The second-order valence-corrected chi connectivity index (χ2v) is 4.01. The van der Waals surface area contributed by atoms with Crippen molar-refractivity contribution in [3.63, 3.8) is 0 Å². The molecule has 0 saturated heterocycles. The molecule has 0 aliphatic heterocycles. The smallest absolute Gasteiger partial charge is 0.434 e. The van der Waals surface area contributed by atoms with E-state index in [4.69, 9.17) is 11.6 Å². The van der Waals surface area contributed by atoms with Gasteiger partial charge in [-0.3, -0.25) is 4.79 Å². The van der Waals surface area contributed by atoms with Crippen LogP contribution in [0.5, 0.6) is 0 Å². The fraction of sp³-hybridized carbons (Fsp3) is 0.455. The number of ether oxygens (including phenoxy) is 1. The van der Waals surface area contributed by atoms with Crippen LogP contribution in [0.4, 0.5) is 22.0 Å². The van der Waals surface area contributed by atoms with Gasteiger partial charge in [0.05, 0.1) is 18.1 Å². The maximum Gasteiger partial charge on any atom is 0.434 e. The number of halogens is 6. The van der Waals surface area contributed by atoms with E-state index >= 15 is 0 Å². The molecular weight excluding hydrogens is 309 g/mol. The lowest BCUT2D eigenvalue weighted by Gasteiger charge is -2.14. The van der Waals surface area contributed by atoms with Crippen molar-refractivity contribution in [1.82, 2.24) is 4.98 Å². The first-order chi connectivity index (χ1) is 9.18. The summed E-state index contributed by atoms with van der Waals surface area (Å²) in [6.45, 7) is 1.44. The number of esters is 1. The molecule has 0 aliphatic rings. The fourth-order valence-corrected chi connectivity index (χ4v) is 1.79. The highest BCUT2D eigenvalue weighted by Crippen LogP contribution is 2.38. The zero-order chi connectivity index (χ0) is 15.5. The first kappa shape index (κ1) is 16.6. The van der Waals surface area contributed by atoms with Crippen LogP contribution in [0, 0.1) is 0 Å². The van der Waals surface area contributed by atoms with Crippen LogP contribution in [-0.4, -0.2) is 17.6 Å². The lowest BCUT2D eigenvalue weighted by molar-refractivity contribution is -0.143. The van der Waals surface area contributed by atoms with Gasteiger partial charge >= 0.3 is 12.1 Å². The summed E-state index contributed by atoms with van der Waals surface area (Å²) >= 11 is 5.46. The van der Waals surface area contributed by atoms with E-state index in [-0.39, 0.29) is 6.61 Å². The van der Waals surface area contributed by atoms with E-state index in [1.165, 1.54) is 6.92 Å². The maximum atomic E-state index is 12.7. The molecule has 0 aromatic carbocycles. The number of rotatable bonds is 4. The van der Waals surface area contributed by atoms with Crippen molar-refractivity contribution in [3.8, 4) is 0 Å². The van der Waals surface area contributed by atoms with E-state index in [1.54, 1.807) is 0 Å². The summed E-state index contributed by atoms with van der Waals surface area (Å²) < 4.78 is 67.8. The van der Waals surface area contributed by atoms with Crippen LogP contribution < -0.4 is 0 Å². The molecule has 112 valence electrons. The molecule has 20 heavy (non-hydrogen) atoms. The van der Waals surface area contributed by atoms with Gasteiger partial charge in [0.2, 0.25) is 0 Å². The number of carbonyl (C=O) groups is 1. The number of alkyl halides is 5. The molecule has 1 aromatic rings. The molecule has 0 radical (unpaired) electrons. The Kier molecular flexibility index (Phi) is 5.27. The van der Waals surface area contributed by atoms with Gasteiger partial charge in [0.15, 0.2) is 5.69 Å². The van der Waals surface area contributed by atoms with E-state index in [9.17, 15) is 26.7 Å². The Bertz CT molecular complexity index is 504. The second kappa shape index (κ2) is 6.34. The van der Waals surface area contributed by atoms with Crippen LogP contribution in [0.25, 0.3) is 0 Å². The molecule has 1 aromatic heterocycles. The van der Waals surface area contributed by atoms with Crippen molar-refractivity contribution < 1.29 is 31.5 Å². The Balaban J connectivity index is 3.32. The van der Waals surface area contributed by atoms with Crippen LogP contribution in [0.1, 0.15) is 30.2 Å². The average molecular weight is 318 g/mol. The van der Waals surface area contributed by atoms with Gasteiger partial charge < -0.3 is 4.74 Å². The molecule has 0 amide bonds. The van der Waals surface area contributed by atoms with Gasteiger partial charge in [0, 0.05) is 11.8 Å². The average Bonchev–Trinajstić information content (AvgIpc) is 2.29. The van der Waals surface area contributed by atoms with Crippen molar-refractivity contribution in [1.29, 1.82) is 0 Å². The van der Waals surface area contributed by atoms with Crippen molar-refractivity contribution >= 4 is 17.6 Å². The van der Waals surface area contributed by atoms with Crippen molar-refractivity contribution in [2.75, 3.05) is 6.61 Å². The fourth-order valence-electron chi connectivity index (χ4n) is 1.46. The number of hydrogen-bond acceptors (Lipinski definition) is 3. The summed E-state index contributed by atoms with van der Waals surface area (Å²) in [7, 11) is 0. The van der Waals surface area contributed by atoms with Crippen LogP contribution in [0.2, 0.25) is 5.02 Å². The number of aromatic nitrogens is 1. The first-order valence-electron chi connectivity index (χ1n) is 5.36. The van der Waals surface area contributed by atoms with Gasteiger partial charge in [0.25, 0.3) is 6.43 Å². The SMILES string of the molecule is CCOC(=O)Cc1c(C(F)F)cnc(C(F)(F)F)c1Cl. The quantitative estimate of drug-likeness (QED) is 0.626. The van der Waals surface area contributed by atoms with Crippen molar-refractivity contribution in [2.24, 2.45) is 0 Å². The van der Waals surface area contributed by atoms with E-state index < -0.39 is 46.8 Å². The van der Waals surface area contributed by atoms with E-state index in [0.717, 1.165) is 0 Å². The van der Waals surface area contributed by atoms with Gasteiger partial charge in [-0.2, -0.15) is 13.2 Å². The van der Waals surface area contributed by atoms with Gasteiger partial charge in [-0.05, 0) is 12.5 Å². The third kappa shape index (κ3) is 3.78. The van der Waals surface area contributed by atoms with Crippen LogP contribution >= 0.6 is 11.6 Å². The largest absolute Gasteiger partial charge is 0.466 e. The third-order valence-corrected chi connectivity index (χ3v) is 2.69. The summed E-state index contributed by atoms with van der Waals surface area (Å²) in [5, 5.41) is -1.01. The molecule has 0 bridgehead atoms. The Morgan fingerprint density at radius 1 is 1.45 bits per heavy atom. The Labute approximate surface area is 115 Å². The molecule has 0 atom stereocenters. The minimum Gasteiger partial charge on any atom is -0.466 e. The molecule has 0 N–H and O–H groups in total. The van der Waals surface area contributed by atoms with Gasteiger partial charge in [-0.1, -0.05) is 11.6 Å². The van der Waals surface area contributed by atoms with Crippen LogP contribution in [0.15, 0.2) is 6.20 Å². The highest BCUT2D eigenvalue weighted by atomic mass is 35.5. The van der Waals surface area contributed by atoms with Gasteiger partial charge in [-0.15, -0.1) is 0 Å². The number of pyridine rings is 1. The molecule has 0 saturated carbocycles. The number of carbonyl (C=O) groups excluding carboxylic acids is 1. The molecule has 1 heterocycles. The van der Waals surface area contributed by atoms with E-state index in [2.05, 4.69) is 9.72 Å². The predicted molar refractivity (Wildman–Crippen MR) is 59.5 cm³/mol. The molecule has 0 aliphatic carbocycles. The Morgan fingerprint density at radius 2 is 2.05 bits per heavy atom. The van der Waals surface area contributed by atoms with Crippen molar-refractivity contribution in [2.45, 2.75) is 25.9 Å². The minimum absolute atomic E-state index is 0.0301. The van der Waals surface area contributed by atoms with Gasteiger partial charge in [-0.25, -0.2) is 13.8 Å². The number of nitrogens with zero attached hydrogens (tertiary/aromatic N) is 1. The van der Waals surface area contributed by atoms with Crippen molar-refractivity contribution in [3.05, 3.63) is 28.0 Å². The third-order valence-electron chi connectivity index (χ3n) is 2.28. The molecular formula is C11H9ClF5NO2. The molecule has 1 rings (SSSR count). The summed E-state index contributed by atoms with van der Waals surface area (Å²) in [4.78, 5) is 14.2.